The summed E-state index contributed by atoms with van der Waals surface area (Å²) < 4.78 is 1.96. The van der Waals surface area contributed by atoms with E-state index < -0.39 is 0 Å². The van der Waals surface area contributed by atoms with Gasteiger partial charge in [-0.15, -0.1) is 0 Å². The molecular weight excluding hydrogens is 276 g/mol. The number of fused-ring (bicyclic) bond motifs is 1. The Bertz CT molecular complexity index is 557. The van der Waals surface area contributed by atoms with Gasteiger partial charge in [-0.1, -0.05) is 6.42 Å². The average molecular weight is 304 g/mol. The Labute approximate surface area is 133 Å². The van der Waals surface area contributed by atoms with Crippen molar-refractivity contribution in [3.05, 3.63) is 17.5 Å². The van der Waals surface area contributed by atoms with E-state index in [4.69, 9.17) is 0 Å². The number of piperazine rings is 1. The Kier molecular flexibility index (Phi) is 4.02. The van der Waals surface area contributed by atoms with Gasteiger partial charge in [0.25, 0.3) is 5.91 Å². The first-order valence-corrected chi connectivity index (χ1v) is 8.46. The molecule has 0 radical (unpaired) electrons. The third-order valence-corrected chi connectivity index (χ3v) is 5.00. The first-order valence-electron chi connectivity index (χ1n) is 8.46. The van der Waals surface area contributed by atoms with Crippen LogP contribution in [-0.4, -0.2) is 57.7 Å². The zero-order valence-corrected chi connectivity index (χ0v) is 14.3. The second-order valence-corrected chi connectivity index (χ2v) is 7.66. The van der Waals surface area contributed by atoms with Crippen LogP contribution in [0.2, 0.25) is 0 Å². The molecule has 1 unspecified atom stereocenters. The maximum absolute atomic E-state index is 12.9. The van der Waals surface area contributed by atoms with E-state index in [1.807, 2.05) is 16.5 Å². The molecule has 1 amide bonds. The van der Waals surface area contributed by atoms with E-state index in [1.165, 1.54) is 25.8 Å². The van der Waals surface area contributed by atoms with Crippen molar-refractivity contribution in [1.82, 2.24) is 19.6 Å². The van der Waals surface area contributed by atoms with Gasteiger partial charge in [0.05, 0.1) is 17.3 Å². The molecule has 0 aromatic carbocycles. The van der Waals surface area contributed by atoms with Crippen LogP contribution in [0.3, 0.4) is 0 Å². The maximum Gasteiger partial charge on any atom is 0.257 e. The summed E-state index contributed by atoms with van der Waals surface area (Å²) in [7, 11) is 0. The molecule has 5 heteroatoms. The molecule has 1 atom stereocenters. The van der Waals surface area contributed by atoms with Gasteiger partial charge in [-0.25, -0.2) is 0 Å². The van der Waals surface area contributed by atoms with Gasteiger partial charge in [0.1, 0.15) is 0 Å². The SMILES string of the molecule is Cc1c(C(=O)N2CCN3CCCCC3C2)cnn1C(C)(C)C. The van der Waals surface area contributed by atoms with Crippen molar-refractivity contribution in [3.63, 3.8) is 0 Å². The Balaban J connectivity index is 1.76. The minimum absolute atomic E-state index is 0.0926. The summed E-state index contributed by atoms with van der Waals surface area (Å²) in [5, 5.41) is 4.44. The van der Waals surface area contributed by atoms with E-state index in [9.17, 15) is 4.79 Å². The van der Waals surface area contributed by atoms with Crippen LogP contribution in [0.1, 0.15) is 56.1 Å². The van der Waals surface area contributed by atoms with Crippen LogP contribution in [0.15, 0.2) is 6.20 Å². The standard InChI is InChI=1S/C17H28N4O/c1-13-15(11-18-21(13)17(2,3)4)16(22)20-10-9-19-8-6-5-7-14(19)12-20/h11,14H,5-10,12H2,1-4H3. The number of carbonyl (C=O) groups is 1. The molecule has 1 aromatic heterocycles. The van der Waals surface area contributed by atoms with Gasteiger partial charge in [-0.2, -0.15) is 5.10 Å². The second kappa shape index (κ2) is 5.69. The fourth-order valence-corrected chi connectivity index (χ4v) is 3.81. The van der Waals surface area contributed by atoms with Crippen molar-refractivity contribution in [2.75, 3.05) is 26.2 Å². The number of nitrogens with zero attached hydrogens (tertiary/aromatic N) is 4. The summed E-state index contributed by atoms with van der Waals surface area (Å²) in [6.45, 7) is 12.3. The van der Waals surface area contributed by atoms with E-state index in [0.717, 1.165) is 30.9 Å². The molecule has 0 bridgehead atoms. The van der Waals surface area contributed by atoms with Crippen molar-refractivity contribution in [2.24, 2.45) is 0 Å². The molecule has 22 heavy (non-hydrogen) atoms. The van der Waals surface area contributed by atoms with Gasteiger partial charge >= 0.3 is 0 Å². The lowest BCUT2D eigenvalue weighted by Gasteiger charge is -2.44. The zero-order chi connectivity index (χ0) is 15.9. The molecule has 2 saturated heterocycles. The lowest BCUT2D eigenvalue weighted by molar-refractivity contribution is 0.0372. The molecule has 122 valence electrons. The highest BCUT2D eigenvalue weighted by Gasteiger charge is 2.32. The van der Waals surface area contributed by atoms with Crippen LogP contribution < -0.4 is 0 Å². The first kappa shape index (κ1) is 15.5. The van der Waals surface area contributed by atoms with Crippen LogP contribution in [-0.2, 0) is 5.54 Å². The predicted molar refractivity (Wildman–Crippen MR) is 87.1 cm³/mol. The molecule has 0 N–H and O–H groups in total. The Morgan fingerprint density at radius 2 is 2.00 bits per heavy atom. The van der Waals surface area contributed by atoms with Gasteiger partial charge in [0.2, 0.25) is 0 Å². The van der Waals surface area contributed by atoms with E-state index >= 15 is 0 Å². The van der Waals surface area contributed by atoms with Gasteiger partial charge in [0.15, 0.2) is 0 Å². The largest absolute Gasteiger partial charge is 0.336 e. The van der Waals surface area contributed by atoms with Crippen molar-refractivity contribution < 1.29 is 4.79 Å². The molecule has 2 fully saturated rings. The molecule has 2 aliphatic heterocycles. The number of rotatable bonds is 1. The number of hydrogen-bond acceptors (Lipinski definition) is 3. The second-order valence-electron chi connectivity index (χ2n) is 7.66. The van der Waals surface area contributed by atoms with Gasteiger partial charge in [-0.3, -0.25) is 14.4 Å². The number of aromatic nitrogens is 2. The molecule has 5 nitrogen and oxygen atoms in total. The summed E-state index contributed by atoms with van der Waals surface area (Å²) >= 11 is 0. The Hall–Kier alpha value is -1.36. The lowest BCUT2D eigenvalue weighted by atomic mass is 9.99. The molecule has 0 aliphatic carbocycles. The smallest absolute Gasteiger partial charge is 0.257 e. The topological polar surface area (TPSA) is 41.4 Å². The predicted octanol–water partition coefficient (Wildman–Crippen LogP) is 2.26. The van der Waals surface area contributed by atoms with Crippen LogP contribution in [0.4, 0.5) is 0 Å². The fourth-order valence-electron chi connectivity index (χ4n) is 3.81. The van der Waals surface area contributed by atoms with E-state index in [2.05, 4.69) is 30.8 Å². The molecule has 0 spiro atoms. The minimum atomic E-state index is -0.0926. The van der Waals surface area contributed by atoms with Crippen LogP contribution >= 0.6 is 0 Å². The normalized spacial score (nSPS) is 23.5. The number of hydrogen-bond donors (Lipinski definition) is 0. The summed E-state index contributed by atoms with van der Waals surface area (Å²) in [6, 6.07) is 0.560. The Morgan fingerprint density at radius 1 is 1.23 bits per heavy atom. The monoisotopic (exact) mass is 304 g/mol. The van der Waals surface area contributed by atoms with Gasteiger partial charge < -0.3 is 4.90 Å². The lowest BCUT2D eigenvalue weighted by Crippen LogP contribution is -2.56. The molecular formula is C17H28N4O. The summed E-state index contributed by atoms with van der Waals surface area (Å²) in [6.07, 6.45) is 5.58. The molecule has 1 aromatic rings. The summed E-state index contributed by atoms with van der Waals surface area (Å²) in [5.74, 6) is 0.151. The minimum Gasteiger partial charge on any atom is -0.336 e. The molecule has 3 rings (SSSR count). The van der Waals surface area contributed by atoms with Crippen molar-refractivity contribution in [3.8, 4) is 0 Å². The fraction of sp³-hybridized carbons (Fsp3) is 0.765. The number of piperidine rings is 1. The van der Waals surface area contributed by atoms with E-state index in [-0.39, 0.29) is 11.4 Å². The van der Waals surface area contributed by atoms with Gasteiger partial charge in [-0.05, 0) is 47.1 Å². The number of amides is 1. The summed E-state index contributed by atoms with van der Waals surface area (Å²) in [4.78, 5) is 17.5. The van der Waals surface area contributed by atoms with Crippen LogP contribution in [0.5, 0.6) is 0 Å². The average Bonchev–Trinajstić information content (AvgIpc) is 2.87. The molecule has 2 aliphatic rings. The molecule has 0 saturated carbocycles. The quantitative estimate of drug-likeness (QED) is 0.799. The molecule has 3 heterocycles. The Morgan fingerprint density at radius 3 is 2.68 bits per heavy atom. The number of carbonyl (C=O) groups excluding carboxylic acids is 1. The van der Waals surface area contributed by atoms with Crippen LogP contribution in [0, 0.1) is 6.92 Å². The van der Waals surface area contributed by atoms with Crippen molar-refractivity contribution >= 4 is 5.91 Å². The summed E-state index contributed by atoms with van der Waals surface area (Å²) in [5.41, 5.74) is 1.65. The first-order chi connectivity index (χ1) is 10.4. The van der Waals surface area contributed by atoms with Crippen molar-refractivity contribution in [1.29, 1.82) is 0 Å². The van der Waals surface area contributed by atoms with Gasteiger partial charge in [0, 0.05) is 31.4 Å². The third-order valence-electron chi connectivity index (χ3n) is 5.00. The third kappa shape index (κ3) is 2.78. The van der Waals surface area contributed by atoms with Crippen LogP contribution in [0.25, 0.3) is 0 Å². The highest BCUT2D eigenvalue weighted by molar-refractivity contribution is 5.95. The zero-order valence-electron chi connectivity index (χ0n) is 14.3. The van der Waals surface area contributed by atoms with E-state index in [1.54, 1.807) is 6.20 Å². The van der Waals surface area contributed by atoms with E-state index in [0.29, 0.717) is 6.04 Å². The highest BCUT2D eigenvalue weighted by Crippen LogP contribution is 2.24. The highest BCUT2D eigenvalue weighted by atomic mass is 16.2. The van der Waals surface area contributed by atoms with Crippen molar-refractivity contribution in [2.45, 2.75) is 58.5 Å². The maximum atomic E-state index is 12.9.